The molecule has 0 unspecified atom stereocenters. The molecule has 1 aliphatic rings. The van der Waals surface area contributed by atoms with E-state index in [2.05, 4.69) is 5.10 Å². The summed E-state index contributed by atoms with van der Waals surface area (Å²) >= 11 is 5.78. The molecule has 1 aromatic heterocycles. The van der Waals surface area contributed by atoms with Gasteiger partial charge in [-0.3, -0.25) is 14.8 Å². The van der Waals surface area contributed by atoms with Crippen molar-refractivity contribution >= 4 is 27.3 Å². The molecule has 0 saturated heterocycles. The highest BCUT2D eigenvalue weighted by Gasteiger charge is 2.33. The zero-order chi connectivity index (χ0) is 19.3. The van der Waals surface area contributed by atoms with Crippen LogP contribution in [-0.4, -0.2) is 34.0 Å². The van der Waals surface area contributed by atoms with Crippen molar-refractivity contribution in [1.82, 2.24) is 14.1 Å². The van der Waals surface area contributed by atoms with Crippen LogP contribution in [0.1, 0.15) is 32.0 Å². The number of nitrogens with zero attached hydrogens (tertiary/aromatic N) is 4. The van der Waals surface area contributed by atoms with Crippen LogP contribution in [0.4, 0.5) is 5.69 Å². The van der Waals surface area contributed by atoms with Crippen LogP contribution in [0.3, 0.4) is 0 Å². The van der Waals surface area contributed by atoms with Gasteiger partial charge in [0.15, 0.2) is 0 Å². The van der Waals surface area contributed by atoms with Crippen molar-refractivity contribution in [2.75, 3.05) is 6.54 Å². The summed E-state index contributed by atoms with van der Waals surface area (Å²) in [4.78, 5) is 10.2. The summed E-state index contributed by atoms with van der Waals surface area (Å²) in [6, 6.07) is 3.53. The number of halogens is 1. The van der Waals surface area contributed by atoms with Crippen LogP contribution in [0.15, 0.2) is 29.3 Å². The number of nitro groups is 1. The van der Waals surface area contributed by atoms with E-state index in [1.807, 2.05) is 25.5 Å². The van der Waals surface area contributed by atoms with Crippen molar-refractivity contribution in [2.24, 2.45) is 0 Å². The number of hydrogen-bond donors (Lipinski definition) is 0. The molecule has 0 aliphatic carbocycles. The Bertz CT molecular complexity index is 979. The summed E-state index contributed by atoms with van der Waals surface area (Å²) in [7, 11) is -3.87. The Kier molecular flexibility index (Phi) is 4.58. The Morgan fingerprint density at radius 1 is 1.31 bits per heavy atom. The van der Waals surface area contributed by atoms with Crippen LogP contribution in [0.25, 0.3) is 0 Å². The van der Waals surface area contributed by atoms with E-state index in [0.29, 0.717) is 6.42 Å². The fraction of sp³-hybridized carbons (Fsp3) is 0.438. The van der Waals surface area contributed by atoms with Gasteiger partial charge in [-0.05, 0) is 32.9 Å². The maximum absolute atomic E-state index is 12.9. The van der Waals surface area contributed by atoms with Gasteiger partial charge in [0.25, 0.3) is 5.69 Å². The second kappa shape index (κ2) is 6.33. The zero-order valence-corrected chi connectivity index (χ0v) is 16.2. The number of benzene rings is 1. The summed E-state index contributed by atoms with van der Waals surface area (Å²) in [5.41, 5.74) is 1.25. The first kappa shape index (κ1) is 18.8. The van der Waals surface area contributed by atoms with Gasteiger partial charge in [-0.2, -0.15) is 9.40 Å². The van der Waals surface area contributed by atoms with Gasteiger partial charge in [0, 0.05) is 36.8 Å². The molecule has 1 aromatic carbocycles. The lowest BCUT2D eigenvalue weighted by Crippen LogP contribution is -2.37. The summed E-state index contributed by atoms with van der Waals surface area (Å²) in [6.07, 6.45) is 2.22. The molecule has 8 nitrogen and oxygen atoms in total. The molecule has 0 atom stereocenters. The quantitative estimate of drug-likeness (QED) is 0.584. The highest BCUT2D eigenvalue weighted by Crippen LogP contribution is 2.31. The van der Waals surface area contributed by atoms with E-state index >= 15 is 0 Å². The molecule has 0 N–H and O–H groups in total. The number of aromatic nitrogens is 2. The van der Waals surface area contributed by atoms with E-state index in [0.717, 1.165) is 17.3 Å². The molecule has 10 heteroatoms. The second-order valence-corrected chi connectivity index (χ2v) is 9.50. The van der Waals surface area contributed by atoms with E-state index in [9.17, 15) is 18.5 Å². The lowest BCUT2D eigenvalue weighted by Gasteiger charge is -2.29. The molecule has 0 radical (unpaired) electrons. The standard InChI is InChI=1S/C16H19ClN4O4S/c1-16(2,3)20-14-6-7-19(10-11(14)9-18-20)26(24,25)12-4-5-13(17)15(8-12)21(22)23/h4-5,8-9H,6-7,10H2,1-3H3. The first-order valence-electron chi connectivity index (χ1n) is 8.02. The van der Waals surface area contributed by atoms with Gasteiger partial charge in [-0.1, -0.05) is 11.6 Å². The average Bonchev–Trinajstić information content (AvgIpc) is 2.98. The average molecular weight is 399 g/mol. The van der Waals surface area contributed by atoms with Crippen LogP contribution in [0, 0.1) is 10.1 Å². The Balaban J connectivity index is 1.94. The van der Waals surface area contributed by atoms with Gasteiger partial charge in [0.1, 0.15) is 5.02 Å². The fourth-order valence-electron chi connectivity index (χ4n) is 3.03. The van der Waals surface area contributed by atoms with Gasteiger partial charge in [-0.25, -0.2) is 8.42 Å². The van der Waals surface area contributed by atoms with Crippen molar-refractivity contribution in [1.29, 1.82) is 0 Å². The maximum atomic E-state index is 12.9. The SMILES string of the molecule is CC(C)(C)n1ncc2c1CCN(S(=O)(=O)c1ccc(Cl)c([N+](=O)[O-])c1)C2. The van der Waals surface area contributed by atoms with Gasteiger partial charge < -0.3 is 0 Å². The Morgan fingerprint density at radius 3 is 2.62 bits per heavy atom. The van der Waals surface area contributed by atoms with Crippen molar-refractivity contribution < 1.29 is 13.3 Å². The van der Waals surface area contributed by atoms with Crippen molar-refractivity contribution in [3.8, 4) is 0 Å². The van der Waals surface area contributed by atoms with Crippen LogP contribution < -0.4 is 0 Å². The van der Waals surface area contributed by atoms with E-state index in [-0.39, 0.29) is 28.5 Å². The number of sulfonamides is 1. The summed E-state index contributed by atoms with van der Waals surface area (Å²) < 4.78 is 29.1. The van der Waals surface area contributed by atoms with Gasteiger partial charge >= 0.3 is 0 Å². The monoisotopic (exact) mass is 398 g/mol. The Morgan fingerprint density at radius 2 is 2.00 bits per heavy atom. The first-order valence-corrected chi connectivity index (χ1v) is 9.84. The summed E-state index contributed by atoms with van der Waals surface area (Å²) in [5, 5.41) is 15.3. The molecule has 3 rings (SSSR count). The number of nitro benzene ring substituents is 1. The molecular formula is C16H19ClN4O4S. The molecule has 0 spiro atoms. The van der Waals surface area contributed by atoms with Crippen molar-refractivity contribution in [3.63, 3.8) is 0 Å². The highest BCUT2D eigenvalue weighted by atomic mass is 35.5. The molecule has 0 fully saturated rings. The maximum Gasteiger partial charge on any atom is 0.289 e. The highest BCUT2D eigenvalue weighted by molar-refractivity contribution is 7.89. The van der Waals surface area contributed by atoms with Crippen molar-refractivity contribution in [2.45, 2.75) is 44.2 Å². The lowest BCUT2D eigenvalue weighted by molar-refractivity contribution is -0.384. The van der Waals surface area contributed by atoms with E-state index in [1.165, 1.54) is 16.4 Å². The minimum Gasteiger partial charge on any atom is -0.264 e. The van der Waals surface area contributed by atoms with Crippen LogP contribution in [0.2, 0.25) is 5.02 Å². The number of fused-ring (bicyclic) bond motifs is 1. The topological polar surface area (TPSA) is 98.3 Å². The molecule has 1 aliphatic heterocycles. The minimum atomic E-state index is -3.87. The molecule has 0 bridgehead atoms. The third-order valence-electron chi connectivity index (χ3n) is 4.29. The Labute approximate surface area is 156 Å². The molecule has 2 aromatic rings. The van der Waals surface area contributed by atoms with Crippen LogP contribution in [-0.2, 0) is 28.5 Å². The fourth-order valence-corrected chi connectivity index (χ4v) is 4.66. The zero-order valence-electron chi connectivity index (χ0n) is 14.6. The second-order valence-electron chi connectivity index (χ2n) is 7.16. The molecule has 140 valence electrons. The summed E-state index contributed by atoms with van der Waals surface area (Å²) in [5.74, 6) is 0. The predicted molar refractivity (Wildman–Crippen MR) is 96.6 cm³/mol. The molecule has 0 amide bonds. The predicted octanol–water partition coefficient (Wildman–Crippen LogP) is 2.95. The van der Waals surface area contributed by atoms with Crippen molar-refractivity contribution in [3.05, 3.63) is 50.8 Å². The smallest absolute Gasteiger partial charge is 0.264 e. The molecular weight excluding hydrogens is 380 g/mol. The lowest BCUT2D eigenvalue weighted by atomic mass is 10.1. The molecule has 0 saturated carbocycles. The number of rotatable bonds is 3. The largest absolute Gasteiger partial charge is 0.289 e. The molecule has 26 heavy (non-hydrogen) atoms. The minimum absolute atomic E-state index is 0.0960. The molecule has 2 heterocycles. The number of hydrogen-bond acceptors (Lipinski definition) is 5. The van der Waals surface area contributed by atoms with Gasteiger partial charge in [-0.15, -0.1) is 0 Å². The van der Waals surface area contributed by atoms with E-state index in [1.54, 1.807) is 6.20 Å². The van der Waals surface area contributed by atoms with Gasteiger partial charge in [0.05, 0.1) is 21.6 Å². The first-order chi connectivity index (χ1) is 12.0. The van der Waals surface area contributed by atoms with E-state index in [4.69, 9.17) is 11.6 Å². The van der Waals surface area contributed by atoms with Crippen LogP contribution >= 0.6 is 11.6 Å². The third-order valence-corrected chi connectivity index (χ3v) is 6.45. The Hall–Kier alpha value is -1.97. The normalized spacial score (nSPS) is 15.7. The van der Waals surface area contributed by atoms with E-state index < -0.39 is 20.6 Å². The van der Waals surface area contributed by atoms with Gasteiger partial charge in [0.2, 0.25) is 10.0 Å². The van der Waals surface area contributed by atoms with Crippen LogP contribution in [0.5, 0.6) is 0 Å². The third kappa shape index (κ3) is 3.22. The summed E-state index contributed by atoms with van der Waals surface area (Å²) in [6.45, 7) is 6.58.